The summed E-state index contributed by atoms with van der Waals surface area (Å²) >= 11 is 1.45. The van der Waals surface area contributed by atoms with Crippen molar-refractivity contribution in [1.29, 1.82) is 0 Å². The normalized spacial score (nSPS) is 13.8. The molecule has 4 atom stereocenters. The van der Waals surface area contributed by atoms with Crippen LogP contribution in [-0.4, -0.2) is 89.3 Å². The van der Waals surface area contributed by atoms with Crippen LogP contribution in [-0.2, 0) is 28.8 Å². The van der Waals surface area contributed by atoms with Crippen LogP contribution in [0, 0.1) is 0 Å². The van der Waals surface area contributed by atoms with Crippen LogP contribution in [0.3, 0.4) is 0 Å². The maximum Gasteiger partial charge on any atom is 0.326 e. The van der Waals surface area contributed by atoms with Gasteiger partial charge in [-0.25, -0.2) is 4.79 Å². The number of aliphatic imine (C=N–C) groups is 1. The van der Waals surface area contributed by atoms with Gasteiger partial charge in [0, 0.05) is 6.54 Å². The first-order valence-corrected chi connectivity index (χ1v) is 12.2. The smallest absolute Gasteiger partial charge is 0.326 e. The Hall–Kier alpha value is -3.60. The lowest BCUT2D eigenvalue weighted by molar-refractivity contribution is -0.142. The lowest BCUT2D eigenvalue weighted by Gasteiger charge is -2.24. The van der Waals surface area contributed by atoms with Gasteiger partial charge < -0.3 is 49.7 Å². The number of carboxylic acid groups (broad SMARTS) is 1. The summed E-state index contributed by atoms with van der Waals surface area (Å²) in [4.78, 5) is 75.9. The molecule has 0 aliphatic heterocycles. The molecule has 14 N–H and O–H groups in total. The van der Waals surface area contributed by atoms with E-state index in [1.54, 1.807) is 0 Å². The number of thioether (sulfide) groups is 1. The van der Waals surface area contributed by atoms with E-state index in [4.69, 9.17) is 28.7 Å². The zero-order valence-corrected chi connectivity index (χ0v) is 20.7. The highest BCUT2D eigenvalue weighted by Gasteiger charge is 2.31. The third-order valence-corrected chi connectivity index (χ3v) is 5.25. The minimum atomic E-state index is -1.60. The topological polar surface area (TPSA) is 301 Å². The molecule has 0 aromatic rings. The summed E-state index contributed by atoms with van der Waals surface area (Å²) in [6.07, 6.45) is 0.929. The first-order chi connectivity index (χ1) is 16.8. The maximum absolute atomic E-state index is 12.8. The van der Waals surface area contributed by atoms with Crippen LogP contribution in [0.1, 0.15) is 32.1 Å². The fourth-order valence-electron chi connectivity index (χ4n) is 2.78. The van der Waals surface area contributed by atoms with Crippen molar-refractivity contribution < 1.29 is 33.9 Å². The van der Waals surface area contributed by atoms with E-state index >= 15 is 0 Å². The minimum Gasteiger partial charge on any atom is -0.480 e. The molecule has 0 saturated carbocycles. The van der Waals surface area contributed by atoms with E-state index in [0.29, 0.717) is 12.2 Å². The Morgan fingerprint density at radius 3 is 1.69 bits per heavy atom. The Morgan fingerprint density at radius 1 is 0.806 bits per heavy atom. The largest absolute Gasteiger partial charge is 0.480 e. The number of rotatable bonds is 18. The zero-order chi connectivity index (χ0) is 27.8. The summed E-state index contributed by atoms with van der Waals surface area (Å²) in [5.41, 5.74) is 26.5. The number of amides is 5. The van der Waals surface area contributed by atoms with Gasteiger partial charge in [0.1, 0.15) is 18.1 Å². The fourth-order valence-corrected chi connectivity index (χ4v) is 3.27. The molecular formula is C19H35N9O7S. The number of nitrogens with zero attached hydrogens (tertiary/aromatic N) is 1. The second-order valence-electron chi connectivity index (χ2n) is 7.70. The molecule has 0 spiro atoms. The highest BCUT2D eigenvalue weighted by molar-refractivity contribution is 7.98. The number of primary amides is 2. The van der Waals surface area contributed by atoms with E-state index in [9.17, 15) is 33.9 Å². The number of guanidine groups is 1. The molecular weight excluding hydrogens is 498 g/mol. The summed E-state index contributed by atoms with van der Waals surface area (Å²) in [7, 11) is 0. The second-order valence-corrected chi connectivity index (χ2v) is 8.69. The molecule has 36 heavy (non-hydrogen) atoms. The van der Waals surface area contributed by atoms with E-state index in [-0.39, 0.29) is 25.3 Å². The number of carbonyl (C=O) groups is 6. The molecule has 0 rings (SSSR count). The number of nitrogens with one attached hydrogen (secondary N) is 3. The monoisotopic (exact) mass is 533 g/mol. The van der Waals surface area contributed by atoms with Crippen molar-refractivity contribution in [2.45, 2.75) is 56.3 Å². The predicted molar refractivity (Wildman–Crippen MR) is 132 cm³/mol. The van der Waals surface area contributed by atoms with Crippen molar-refractivity contribution in [1.82, 2.24) is 16.0 Å². The van der Waals surface area contributed by atoms with Gasteiger partial charge in [-0.15, -0.1) is 0 Å². The van der Waals surface area contributed by atoms with E-state index in [2.05, 4.69) is 20.9 Å². The molecule has 0 aliphatic carbocycles. The maximum atomic E-state index is 12.8. The molecule has 204 valence electrons. The van der Waals surface area contributed by atoms with Crippen LogP contribution in [0.15, 0.2) is 4.99 Å². The number of hydrogen-bond donors (Lipinski definition) is 9. The van der Waals surface area contributed by atoms with Crippen LogP contribution in [0.2, 0.25) is 0 Å². The second kappa shape index (κ2) is 16.9. The van der Waals surface area contributed by atoms with E-state index in [0.717, 1.165) is 0 Å². The van der Waals surface area contributed by atoms with Crippen LogP contribution in [0.5, 0.6) is 0 Å². The number of nitrogens with two attached hydrogens (primary N) is 5. The van der Waals surface area contributed by atoms with Gasteiger partial charge in [0.25, 0.3) is 0 Å². The number of carbonyl (C=O) groups excluding carboxylic acids is 5. The molecule has 4 unspecified atom stereocenters. The molecule has 0 fully saturated rings. The van der Waals surface area contributed by atoms with Gasteiger partial charge in [-0.1, -0.05) is 0 Å². The van der Waals surface area contributed by atoms with Crippen molar-refractivity contribution in [3.63, 3.8) is 0 Å². The predicted octanol–water partition coefficient (Wildman–Crippen LogP) is -4.59. The fraction of sp³-hybridized carbons (Fsp3) is 0.632. The molecule has 0 aromatic carbocycles. The van der Waals surface area contributed by atoms with Gasteiger partial charge in [-0.2, -0.15) is 11.8 Å². The Labute approximate surface area is 211 Å². The van der Waals surface area contributed by atoms with Crippen molar-refractivity contribution >= 4 is 53.2 Å². The van der Waals surface area contributed by atoms with Crippen LogP contribution < -0.4 is 44.6 Å². The van der Waals surface area contributed by atoms with Gasteiger partial charge in [0.2, 0.25) is 29.5 Å². The average molecular weight is 534 g/mol. The molecule has 0 heterocycles. The van der Waals surface area contributed by atoms with Crippen LogP contribution in [0.4, 0.5) is 0 Å². The van der Waals surface area contributed by atoms with Gasteiger partial charge in [-0.05, 0) is 31.3 Å². The molecule has 5 amide bonds. The standard InChI is InChI=1S/C19H35N9O7S/c1-36-6-4-9(20)15(31)27-11(7-13(21)29)17(33)28-12(8-14(22)30)16(32)26-10(18(34)35)3-2-5-25-19(23)24/h9-12H,2-8,20H2,1H3,(H2,21,29)(H2,22,30)(H,26,32)(H,27,31)(H,28,33)(H,34,35)(H4,23,24,25). The van der Waals surface area contributed by atoms with Crippen molar-refractivity contribution in [3.05, 3.63) is 0 Å². The lowest BCUT2D eigenvalue weighted by atomic mass is 10.1. The summed E-state index contributed by atoms with van der Waals surface area (Å²) in [5.74, 6) is -5.70. The highest BCUT2D eigenvalue weighted by Crippen LogP contribution is 2.04. The quantitative estimate of drug-likeness (QED) is 0.0458. The Kier molecular flexibility index (Phi) is 15.2. The third kappa shape index (κ3) is 14.0. The summed E-state index contributed by atoms with van der Waals surface area (Å²) in [5, 5.41) is 16.1. The van der Waals surface area contributed by atoms with Crippen molar-refractivity contribution in [3.8, 4) is 0 Å². The van der Waals surface area contributed by atoms with E-state index in [1.165, 1.54) is 11.8 Å². The van der Waals surface area contributed by atoms with Gasteiger partial charge >= 0.3 is 5.97 Å². The summed E-state index contributed by atoms with van der Waals surface area (Å²) in [6, 6.07) is -5.48. The zero-order valence-electron chi connectivity index (χ0n) is 19.9. The Morgan fingerprint density at radius 2 is 1.28 bits per heavy atom. The van der Waals surface area contributed by atoms with Crippen molar-refractivity contribution in [2.24, 2.45) is 33.7 Å². The van der Waals surface area contributed by atoms with Crippen molar-refractivity contribution in [2.75, 3.05) is 18.6 Å². The molecule has 16 nitrogen and oxygen atoms in total. The van der Waals surface area contributed by atoms with E-state index in [1.807, 2.05) is 6.26 Å². The number of aliphatic carboxylic acids is 1. The Balaban J connectivity index is 5.46. The van der Waals surface area contributed by atoms with Crippen LogP contribution in [0.25, 0.3) is 0 Å². The van der Waals surface area contributed by atoms with Gasteiger partial charge in [-0.3, -0.25) is 29.0 Å². The first-order valence-electron chi connectivity index (χ1n) is 10.8. The molecule has 0 aromatic heterocycles. The number of hydrogen-bond acceptors (Lipinski definition) is 9. The lowest BCUT2D eigenvalue weighted by Crippen LogP contribution is -2.58. The minimum absolute atomic E-state index is 0.0661. The molecule has 0 radical (unpaired) electrons. The Bertz CT molecular complexity index is 836. The molecule has 0 bridgehead atoms. The SMILES string of the molecule is CSCCC(N)C(=O)NC(CC(N)=O)C(=O)NC(CC(N)=O)C(=O)NC(CCCN=C(N)N)C(=O)O. The van der Waals surface area contributed by atoms with E-state index < -0.39 is 72.5 Å². The molecule has 17 heteroatoms. The average Bonchev–Trinajstić information content (AvgIpc) is 2.77. The summed E-state index contributed by atoms with van der Waals surface area (Å²) in [6.45, 7) is 0.108. The van der Waals surface area contributed by atoms with Gasteiger partial charge in [0.15, 0.2) is 5.96 Å². The summed E-state index contributed by atoms with van der Waals surface area (Å²) < 4.78 is 0. The first kappa shape index (κ1) is 32.4. The highest BCUT2D eigenvalue weighted by atomic mass is 32.2. The van der Waals surface area contributed by atoms with Gasteiger partial charge in [0.05, 0.1) is 18.9 Å². The molecule has 0 saturated heterocycles. The molecule has 0 aliphatic rings. The number of carboxylic acids is 1. The third-order valence-electron chi connectivity index (χ3n) is 4.61. The van der Waals surface area contributed by atoms with Crippen LogP contribution >= 0.6 is 11.8 Å².